The number of β-amino-alcohol motifs (C(OH)–C–C–N with tert-alkyl or cyclic N) is 1. The maximum absolute atomic E-state index is 10.6. The summed E-state index contributed by atoms with van der Waals surface area (Å²) < 4.78 is 7.53. The van der Waals surface area contributed by atoms with Crippen LogP contribution in [0, 0.1) is 0 Å². The van der Waals surface area contributed by atoms with Crippen molar-refractivity contribution in [2.45, 2.75) is 26.5 Å². The van der Waals surface area contributed by atoms with Gasteiger partial charge in [-0.25, -0.2) is 0 Å². The van der Waals surface area contributed by atoms with Crippen molar-refractivity contribution in [3.63, 3.8) is 0 Å². The van der Waals surface area contributed by atoms with Gasteiger partial charge >= 0.3 is 0 Å². The van der Waals surface area contributed by atoms with Gasteiger partial charge in [0.2, 0.25) is 0 Å². The Morgan fingerprint density at radius 3 is 1.96 bits per heavy atom. The van der Waals surface area contributed by atoms with Gasteiger partial charge in [0, 0.05) is 51.5 Å². The molecule has 0 aliphatic carbocycles. The molecule has 6 heteroatoms. The average Bonchev–Trinajstić information content (AvgIpc) is 2.96. The summed E-state index contributed by atoms with van der Waals surface area (Å²) in [4.78, 5) is 2.25. The first-order valence-electron chi connectivity index (χ1n) is 9.47. The van der Waals surface area contributed by atoms with Gasteiger partial charge in [0.25, 0.3) is 0 Å². The van der Waals surface area contributed by atoms with E-state index in [1.807, 2.05) is 50.2 Å². The maximum Gasteiger partial charge on any atom is 0.0846 e. The zero-order valence-electron chi connectivity index (χ0n) is 15.8. The molecule has 27 heavy (non-hydrogen) atoms. The minimum atomic E-state index is -0.455. The number of aromatic nitrogens is 1. The van der Waals surface area contributed by atoms with E-state index in [1.165, 1.54) is 0 Å². The number of aliphatic hydroxyl groups is 1. The highest BCUT2D eigenvalue weighted by atomic mass is 35.5. The van der Waals surface area contributed by atoms with Crippen molar-refractivity contribution < 1.29 is 9.84 Å². The van der Waals surface area contributed by atoms with E-state index in [0.717, 1.165) is 48.1 Å². The van der Waals surface area contributed by atoms with E-state index >= 15 is 0 Å². The minimum absolute atomic E-state index is 0.455. The Balaban J connectivity index is 0.00000102. The lowest BCUT2D eigenvalue weighted by Gasteiger charge is -2.28. The van der Waals surface area contributed by atoms with Crippen molar-refractivity contribution in [1.82, 2.24) is 9.47 Å². The highest BCUT2D eigenvalue weighted by molar-refractivity contribution is 6.33. The summed E-state index contributed by atoms with van der Waals surface area (Å²) in [6.07, 6.45) is -0.455. The molecule has 4 nitrogen and oxygen atoms in total. The van der Waals surface area contributed by atoms with E-state index in [4.69, 9.17) is 27.9 Å². The molecule has 0 radical (unpaired) electrons. The SMILES string of the molecule is CC.OC(CN1CCOCC1)Cn1c2ccc(Cl)cc2c2cc(Cl)ccc21. The fourth-order valence-corrected chi connectivity index (χ4v) is 3.94. The van der Waals surface area contributed by atoms with Gasteiger partial charge < -0.3 is 14.4 Å². The topological polar surface area (TPSA) is 37.6 Å². The normalized spacial score (nSPS) is 16.3. The highest BCUT2D eigenvalue weighted by Gasteiger charge is 2.18. The third kappa shape index (κ3) is 4.58. The number of halogens is 2. The van der Waals surface area contributed by atoms with Gasteiger partial charge in [-0.15, -0.1) is 0 Å². The molecular formula is C21H26Cl2N2O2. The van der Waals surface area contributed by atoms with Gasteiger partial charge in [-0.1, -0.05) is 37.0 Å². The smallest absolute Gasteiger partial charge is 0.0846 e. The molecule has 0 bridgehead atoms. The number of hydrogen-bond donors (Lipinski definition) is 1. The molecule has 3 aromatic rings. The Kier molecular flexibility index (Phi) is 7.01. The van der Waals surface area contributed by atoms with Crippen LogP contribution in [0.15, 0.2) is 36.4 Å². The van der Waals surface area contributed by atoms with Crippen molar-refractivity contribution in [2.24, 2.45) is 0 Å². The van der Waals surface area contributed by atoms with E-state index < -0.39 is 6.10 Å². The molecule has 0 spiro atoms. The number of ether oxygens (including phenoxy) is 1. The van der Waals surface area contributed by atoms with E-state index in [-0.39, 0.29) is 0 Å². The van der Waals surface area contributed by atoms with E-state index in [1.54, 1.807) is 0 Å². The molecule has 4 rings (SSSR count). The third-order valence-electron chi connectivity index (χ3n) is 4.75. The van der Waals surface area contributed by atoms with Crippen molar-refractivity contribution in [3.8, 4) is 0 Å². The molecule has 2 aromatic carbocycles. The van der Waals surface area contributed by atoms with Crippen LogP contribution < -0.4 is 0 Å². The van der Waals surface area contributed by atoms with E-state index in [0.29, 0.717) is 23.1 Å². The van der Waals surface area contributed by atoms with Crippen LogP contribution in [0.4, 0.5) is 0 Å². The Morgan fingerprint density at radius 2 is 1.44 bits per heavy atom. The average molecular weight is 409 g/mol. The Hall–Kier alpha value is -1.30. The van der Waals surface area contributed by atoms with Gasteiger partial charge in [-0.3, -0.25) is 4.90 Å². The molecule has 146 valence electrons. The molecule has 1 saturated heterocycles. The summed E-state index contributed by atoms with van der Waals surface area (Å²) in [5.74, 6) is 0. The van der Waals surface area contributed by atoms with Crippen LogP contribution >= 0.6 is 23.2 Å². The van der Waals surface area contributed by atoms with Crippen LogP contribution in [0.3, 0.4) is 0 Å². The van der Waals surface area contributed by atoms with Crippen molar-refractivity contribution >= 4 is 45.0 Å². The predicted octanol–water partition coefficient (Wildman–Crippen LogP) is 4.82. The van der Waals surface area contributed by atoms with Crippen LogP contribution in [-0.4, -0.2) is 53.5 Å². The number of aliphatic hydroxyl groups excluding tert-OH is 1. The predicted molar refractivity (Wildman–Crippen MR) is 114 cm³/mol. The van der Waals surface area contributed by atoms with E-state index in [2.05, 4.69) is 9.47 Å². The zero-order valence-corrected chi connectivity index (χ0v) is 17.3. The number of nitrogens with zero attached hydrogens (tertiary/aromatic N) is 2. The van der Waals surface area contributed by atoms with Crippen LogP contribution in [0.2, 0.25) is 10.0 Å². The first kappa shape index (κ1) is 20.4. The standard InChI is InChI=1S/C19H20Cl2N2O2.C2H6/c20-13-1-3-18-16(9-13)17-10-14(21)2-4-19(17)23(18)12-15(24)11-22-5-7-25-8-6-22;1-2/h1-4,9-10,15,24H,5-8,11-12H2;1-2H3. The first-order chi connectivity index (χ1) is 13.1. The first-order valence-corrected chi connectivity index (χ1v) is 10.2. The van der Waals surface area contributed by atoms with Gasteiger partial charge in [0.05, 0.1) is 25.9 Å². The third-order valence-corrected chi connectivity index (χ3v) is 5.23. The molecule has 1 atom stereocenters. The molecule has 0 amide bonds. The van der Waals surface area contributed by atoms with Gasteiger partial charge in [0.15, 0.2) is 0 Å². The number of fused-ring (bicyclic) bond motifs is 3. The minimum Gasteiger partial charge on any atom is -0.390 e. The summed E-state index contributed by atoms with van der Waals surface area (Å²) in [5.41, 5.74) is 2.12. The van der Waals surface area contributed by atoms with Crippen LogP contribution in [-0.2, 0) is 11.3 Å². The molecule has 1 aliphatic rings. The van der Waals surface area contributed by atoms with Gasteiger partial charge in [0.1, 0.15) is 0 Å². The summed E-state index contributed by atoms with van der Waals surface area (Å²) in [7, 11) is 0. The van der Waals surface area contributed by atoms with Crippen LogP contribution in [0.25, 0.3) is 21.8 Å². The zero-order chi connectivity index (χ0) is 19.4. The van der Waals surface area contributed by atoms with E-state index in [9.17, 15) is 5.11 Å². The number of hydrogen-bond acceptors (Lipinski definition) is 3. The summed E-state index contributed by atoms with van der Waals surface area (Å²) in [6, 6.07) is 11.7. The summed E-state index contributed by atoms with van der Waals surface area (Å²) in [5, 5.41) is 14.2. The lowest BCUT2D eigenvalue weighted by Crippen LogP contribution is -2.42. The summed E-state index contributed by atoms with van der Waals surface area (Å²) in [6.45, 7) is 8.38. The van der Waals surface area contributed by atoms with Crippen LogP contribution in [0.5, 0.6) is 0 Å². The molecule has 1 fully saturated rings. The quantitative estimate of drug-likeness (QED) is 0.672. The maximum atomic E-state index is 10.6. The largest absolute Gasteiger partial charge is 0.390 e. The monoisotopic (exact) mass is 408 g/mol. The Bertz CT molecular complexity index is 845. The molecule has 1 N–H and O–H groups in total. The molecule has 1 aliphatic heterocycles. The second-order valence-electron chi connectivity index (χ2n) is 6.50. The van der Waals surface area contributed by atoms with Crippen molar-refractivity contribution in [2.75, 3.05) is 32.8 Å². The highest BCUT2D eigenvalue weighted by Crippen LogP contribution is 2.33. The second-order valence-corrected chi connectivity index (χ2v) is 7.37. The lowest BCUT2D eigenvalue weighted by atomic mass is 10.1. The van der Waals surface area contributed by atoms with Crippen molar-refractivity contribution in [1.29, 1.82) is 0 Å². The fourth-order valence-electron chi connectivity index (χ4n) is 3.60. The van der Waals surface area contributed by atoms with Gasteiger partial charge in [-0.05, 0) is 36.4 Å². The molecule has 1 aromatic heterocycles. The summed E-state index contributed by atoms with van der Waals surface area (Å²) >= 11 is 12.4. The molecule has 0 saturated carbocycles. The molecule has 1 unspecified atom stereocenters. The lowest BCUT2D eigenvalue weighted by molar-refractivity contribution is 0.0119. The van der Waals surface area contributed by atoms with Crippen molar-refractivity contribution in [3.05, 3.63) is 46.4 Å². The van der Waals surface area contributed by atoms with Crippen LogP contribution in [0.1, 0.15) is 13.8 Å². The van der Waals surface area contributed by atoms with Gasteiger partial charge in [-0.2, -0.15) is 0 Å². The number of morpholine rings is 1. The molecule has 2 heterocycles. The molecular weight excluding hydrogens is 383 g/mol. The number of rotatable bonds is 4. The number of benzene rings is 2. The second kappa shape index (κ2) is 9.26. The Morgan fingerprint density at radius 1 is 0.926 bits per heavy atom. The Labute approximate surface area is 170 Å². The fraction of sp³-hybridized carbons (Fsp3) is 0.429.